The average molecular weight is 439 g/mol. The molecule has 0 saturated carbocycles. The topological polar surface area (TPSA) is 18.5 Å². The van der Waals surface area contributed by atoms with Crippen LogP contribution in [-0.4, -0.2) is 12.2 Å². The quantitative estimate of drug-likeness (QED) is 0.124. The summed E-state index contributed by atoms with van der Waals surface area (Å²) in [4.78, 5) is 0. The van der Waals surface area contributed by atoms with Crippen LogP contribution in [0.25, 0.3) is 0 Å². The van der Waals surface area contributed by atoms with E-state index in [-0.39, 0.29) is 0 Å². The van der Waals surface area contributed by atoms with Crippen LogP contribution in [0.2, 0.25) is 0 Å². The van der Waals surface area contributed by atoms with Gasteiger partial charge in [-0.05, 0) is 25.7 Å². The highest BCUT2D eigenvalue weighted by Crippen LogP contribution is 2.28. The van der Waals surface area contributed by atoms with Gasteiger partial charge < -0.3 is 9.05 Å². The van der Waals surface area contributed by atoms with Crippen LogP contribution in [0.5, 0.6) is 0 Å². The normalized spacial score (nSPS) is 14.2. The monoisotopic (exact) mass is 438 g/mol. The fourth-order valence-corrected chi connectivity index (χ4v) is 4.97. The Kier molecular flexibility index (Phi) is 24.5. The lowest BCUT2D eigenvalue weighted by molar-refractivity contribution is 0.202. The van der Waals surface area contributed by atoms with Crippen LogP contribution in [0.15, 0.2) is 0 Å². The highest BCUT2D eigenvalue weighted by molar-refractivity contribution is 8.00. The van der Waals surface area contributed by atoms with Gasteiger partial charge in [-0.25, -0.2) is 0 Å². The van der Waals surface area contributed by atoms with Crippen LogP contribution in [0, 0.1) is 0 Å². The zero-order chi connectivity index (χ0) is 20.0. The van der Waals surface area contributed by atoms with E-state index in [1.807, 2.05) is 0 Å². The van der Waals surface area contributed by atoms with Crippen molar-refractivity contribution in [3.8, 4) is 0 Å². The van der Waals surface area contributed by atoms with Crippen LogP contribution in [0.4, 0.5) is 0 Å². The first kappa shape index (κ1) is 28.2. The summed E-state index contributed by atoms with van der Waals surface area (Å²) in [5.41, 5.74) is 0. The van der Waals surface area contributed by atoms with Crippen LogP contribution < -0.4 is 0 Å². The van der Waals surface area contributed by atoms with E-state index in [1.165, 1.54) is 116 Å². The maximum absolute atomic E-state index is 5.90. The van der Waals surface area contributed by atoms with Gasteiger partial charge in [0.15, 0.2) is 0 Å². The van der Waals surface area contributed by atoms with Crippen molar-refractivity contribution >= 4 is 26.9 Å². The summed E-state index contributed by atoms with van der Waals surface area (Å²) in [5.74, 6) is 0. The fraction of sp³-hybridized carbons (Fsp3) is 1.00. The van der Waals surface area contributed by atoms with E-state index in [9.17, 15) is 0 Å². The molecule has 27 heavy (non-hydrogen) atoms. The zero-order valence-corrected chi connectivity index (χ0v) is 21.7. The number of unbranched alkanes of at least 4 members (excludes halogenated alkanes) is 11. The van der Waals surface area contributed by atoms with Gasteiger partial charge in [-0.1, -0.05) is 113 Å². The molecule has 0 aliphatic heterocycles. The second kappa shape index (κ2) is 23.5. The highest BCUT2D eigenvalue weighted by Gasteiger charge is 2.08. The average Bonchev–Trinajstić information content (AvgIpc) is 2.68. The van der Waals surface area contributed by atoms with Gasteiger partial charge in [-0.3, -0.25) is 0 Å². The van der Waals surface area contributed by atoms with Crippen molar-refractivity contribution in [2.24, 2.45) is 0 Å². The molecule has 0 aromatic carbocycles. The Labute approximate surface area is 177 Å². The van der Waals surface area contributed by atoms with Crippen LogP contribution in [0.1, 0.15) is 129 Å². The molecule has 0 fully saturated rings. The Balaban J connectivity index is 3.48. The summed E-state index contributed by atoms with van der Waals surface area (Å²) in [6, 6.07) is 0. The fourth-order valence-electron chi connectivity index (χ4n) is 3.69. The molecule has 0 rings (SSSR count). The number of hydrogen-bond acceptors (Lipinski definition) is 2. The molecular weight excluding hydrogens is 389 g/mol. The Morgan fingerprint density at radius 1 is 0.593 bits per heavy atom. The molecule has 0 radical (unpaired) electrons. The molecule has 5 heteroatoms. The molecule has 5 atom stereocenters. The molecule has 0 N–H and O–H groups in total. The van der Waals surface area contributed by atoms with E-state index in [2.05, 4.69) is 32.2 Å². The van der Waals surface area contributed by atoms with E-state index >= 15 is 0 Å². The summed E-state index contributed by atoms with van der Waals surface area (Å²) in [6.45, 7) is 4.54. The predicted molar refractivity (Wildman–Crippen MR) is 132 cm³/mol. The second-order valence-corrected chi connectivity index (χ2v) is 9.46. The maximum atomic E-state index is 5.90. The standard InChI is InChI=1S/C22H49O2P3/c1-3-5-7-14-17-21(23-25)18-15-11-9-8-10-12-16-20-22(24-27-26)19-13-6-4-2/h21-22,27H,3-20,25-26H2,1-2H3. The third-order valence-electron chi connectivity index (χ3n) is 5.49. The summed E-state index contributed by atoms with van der Waals surface area (Å²) < 4.78 is 11.5. The Morgan fingerprint density at radius 2 is 0.963 bits per heavy atom. The largest absolute Gasteiger partial charge is 0.362 e. The lowest BCUT2D eigenvalue weighted by Crippen LogP contribution is -2.08. The minimum Gasteiger partial charge on any atom is -0.362 e. The molecule has 0 bridgehead atoms. The number of hydrogen-bond donors (Lipinski definition) is 0. The molecular formula is C22H49O2P3. The van der Waals surface area contributed by atoms with Crippen molar-refractivity contribution in [3.63, 3.8) is 0 Å². The minimum atomic E-state index is 0.467. The molecule has 0 aromatic heterocycles. The summed E-state index contributed by atoms with van der Waals surface area (Å²) >= 11 is 0. The molecule has 0 aromatic rings. The van der Waals surface area contributed by atoms with Crippen molar-refractivity contribution in [2.45, 2.75) is 142 Å². The SMILES string of the molecule is CCCCCCC(CCCCCCCCCC(CCCCC)OPP)OP. The van der Waals surface area contributed by atoms with E-state index in [4.69, 9.17) is 9.05 Å². The molecule has 0 heterocycles. The third-order valence-corrected chi connectivity index (χ3v) is 6.75. The second-order valence-electron chi connectivity index (χ2n) is 8.01. The minimum absolute atomic E-state index is 0.467. The molecule has 2 nitrogen and oxygen atoms in total. The molecule has 0 spiro atoms. The lowest BCUT2D eigenvalue weighted by Gasteiger charge is -2.16. The lowest BCUT2D eigenvalue weighted by atomic mass is 10.0. The van der Waals surface area contributed by atoms with Crippen molar-refractivity contribution in [3.05, 3.63) is 0 Å². The van der Waals surface area contributed by atoms with Gasteiger partial charge in [-0.2, -0.15) is 0 Å². The van der Waals surface area contributed by atoms with Crippen LogP contribution in [-0.2, 0) is 9.05 Å². The number of rotatable bonds is 22. The first-order valence-electron chi connectivity index (χ1n) is 11.7. The molecule has 0 saturated heterocycles. The summed E-state index contributed by atoms with van der Waals surface area (Å²) in [7, 11) is 5.78. The molecule has 0 aliphatic rings. The third kappa shape index (κ3) is 20.3. The van der Waals surface area contributed by atoms with Crippen LogP contribution >= 0.6 is 26.9 Å². The highest BCUT2D eigenvalue weighted by atomic mass is 32.0. The maximum Gasteiger partial charge on any atom is 0.0618 e. The van der Waals surface area contributed by atoms with Gasteiger partial charge >= 0.3 is 0 Å². The van der Waals surface area contributed by atoms with E-state index in [0.29, 0.717) is 20.7 Å². The van der Waals surface area contributed by atoms with E-state index in [0.717, 1.165) is 0 Å². The summed E-state index contributed by atoms with van der Waals surface area (Å²) in [5, 5.41) is 0. The van der Waals surface area contributed by atoms with Gasteiger partial charge in [0.1, 0.15) is 0 Å². The van der Waals surface area contributed by atoms with Gasteiger partial charge in [0.05, 0.1) is 12.2 Å². The molecule has 164 valence electrons. The van der Waals surface area contributed by atoms with Gasteiger partial charge in [0.25, 0.3) is 0 Å². The Morgan fingerprint density at radius 3 is 1.41 bits per heavy atom. The van der Waals surface area contributed by atoms with Crippen molar-refractivity contribution in [1.29, 1.82) is 0 Å². The first-order chi connectivity index (χ1) is 13.3. The first-order valence-corrected chi connectivity index (χ1v) is 14.9. The Hall–Kier alpha value is 1.21. The predicted octanol–water partition coefficient (Wildman–Crippen LogP) is 8.99. The van der Waals surface area contributed by atoms with Gasteiger partial charge in [-0.15, -0.1) is 0 Å². The Bertz CT molecular complexity index is 280. The molecule has 0 amide bonds. The smallest absolute Gasteiger partial charge is 0.0618 e. The van der Waals surface area contributed by atoms with Crippen LogP contribution in [0.3, 0.4) is 0 Å². The van der Waals surface area contributed by atoms with Crippen molar-refractivity contribution < 1.29 is 9.05 Å². The molecule has 0 aliphatic carbocycles. The van der Waals surface area contributed by atoms with Gasteiger partial charge in [0, 0.05) is 18.0 Å². The van der Waals surface area contributed by atoms with E-state index in [1.54, 1.807) is 0 Å². The van der Waals surface area contributed by atoms with Crippen molar-refractivity contribution in [1.82, 2.24) is 0 Å². The molecule has 5 unspecified atom stereocenters. The summed E-state index contributed by atoms with van der Waals surface area (Å²) in [6.07, 6.45) is 24.9. The van der Waals surface area contributed by atoms with Crippen molar-refractivity contribution in [2.75, 3.05) is 0 Å². The zero-order valence-electron chi connectivity index (χ0n) is 18.4. The van der Waals surface area contributed by atoms with Gasteiger partial charge in [0.2, 0.25) is 0 Å². The van der Waals surface area contributed by atoms with E-state index < -0.39 is 0 Å².